The number of halogens is 1. The number of nitrogens with one attached hydrogen (secondary N) is 1. The quantitative estimate of drug-likeness (QED) is 0.271. The zero-order chi connectivity index (χ0) is 21.5. The Balaban J connectivity index is 1.73. The molecule has 0 aliphatic rings. The van der Waals surface area contributed by atoms with Crippen molar-refractivity contribution in [2.24, 2.45) is 5.10 Å². The fourth-order valence-corrected chi connectivity index (χ4v) is 2.78. The molecule has 0 radical (unpaired) electrons. The Bertz CT molecular complexity index is 1100. The fourth-order valence-electron chi connectivity index (χ4n) is 2.51. The Hall–Kier alpha value is -3.79. The van der Waals surface area contributed by atoms with Crippen molar-refractivity contribution in [2.45, 2.75) is 6.61 Å². The Morgan fingerprint density at radius 2 is 1.73 bits per heavy atom. The van der Waals surface area contributed by atoms with Crippen molar-refractivity contribution in [3.05, 3.63) is 103 Å². The molecule has 3 aromatic rings. The summed E-state index contributed by atoms with van der Waals surface area (Å²) in [5.74, 6) is 0.587. The van der Waals surface area contributed by atoms with Crippen LogP contribution in [-0.2, 0) is 6.61 Å². The molecule has 1 N–H and O–H groups in total. The van der Waals surface area contributed by atoms with Crippen LogP contribution in [-0.4, -0.2) is 16.1 Å². The van der Waals surface area contributed by atoms with Crippen LogP contribution in [0.25, 0.3) is 0 Å². The van der Waals surface area contributed by atoms with E-state index in [0.717, 1.165) is 16.1 Å². The van der Waals surface area contributed by atoms with Crippen LogP contribution in [0.15, 0.2) is 76.3 Å². The van der Waals surface area contributed by atoms with Crippen molar-refractivity contribution in [2.75, 3.05) is 5.43 Å². The van der Waals surface area contributed by atoms with Crippen molar-refractivity contribution >= 4 is 39.2 Å². The molecule has 0 spiro atoms. The molecule has 152 valence electrons. The van der Waals surface area contributed by atoms with Gasteiger partial charge in [-0.25, -0.2) is 0 Å². The largest absolute Gasteiger partial charge is 0.488 e. The maximum absolute atomic E-state index is 11.2. The minimum Gasteiger partial charge on any atom is -0.488 e. The summed E-state index contributed by atoms with van der Waals surface area (Å²) in [6.07, 6.45) is 1.46. The molecule has 0 saturated heterocycles. The lowest BCUT2D eigenvalue weighted by Gasteiger charge is -2.09. The normalized spacial score (nSPS) is 10.7. The molecule has 0 amide bonds. The summed E-state index contributed by atoms with van der Waals surface area (Å²) in [6, 6.07) is 18.2. The van der Waals surface area contributed by atoms with Gasteiger partial charge in [0.25, 0.3) is 5.69 Å². The predicted molar refractivity (Wildman–Crippen MR) is 116 cm³/mol. The molecule has 9 nitrogen and oxygen atoms in total. The first-order valence-corrected chi connectivity index (χ1v) is 9.41. The second kappa shape index (κ2) is 9.61. The molecular formula is C20H15BrN4O5. The monoisotopic (exact) mass is 470 g/mol. The van der Waals surface area contributed by atoms with E-state index in [0.29, 0.717) is 17.9 Å². The van der Waals surface area contributed by atoms with E-state index in [1.807, 2.05) is 36.4 Å². The minimum atomic E-state index is -0.708. The van der Waals surface area contributed by atoms with Gasteiger partial charge in [-0.1, -0.05) is 40.2 Å². The third-order valence-electron chi connectivity index (χ3n) is 4.00. The number of anilines is 1. The zero-order valence-electron chi connectivity index (χ0n) is 15.4. The van der Waals surface area contributed by atoms with Gasteiger partial charge in [-0.05, 0) is 35.9 Å². The Morgan fingerprint density at radius 1 is 1.00 bits per heavy atom. The highest BCUT2D eigenvalue weighted by atomic mass is 79.9. The van der Waals surface area contributed by atoms with Crippen molar-refractivity contribution in [1.82, 2.24) is 0 Å². The van der Waals surface area contributed by atoms with E-state index in [-0.39, 0.29) is 11.4 Å². The van der Waals surface area contributed by atoms with Gasteiger partial charge in [0.15, 0.2) is 0 Å². The summed E-state index contributed by atoms with van der Waals surface area (Å²) in [7, 11) is 0. The number of para-hydroxylation sites is 1. The highest BCUT2D eigenvalue weighted by Gasteiger charge is 2.19. The predicted octanol–water partition coefficient (Wildman–Crippen LogP) is 5.29. The standard InChI is InChI=1S/C20H15BrN4O5/c21-16-7-5-14(6-8-16)13-30-20-4-2-1-3-15(20)12-22-23-18-10-9-17(24(26)27)11-19(18)25(28)29/h1-12,23H,13H2. The first-order chi connectivity index (χ1) is 14.4. The van der Waals surface area contributed by atoms with Crippen LogP contribution in [0.5, 0.6) is 5.75 Å². The van der Waals surface area contributed by atoms with Gasteiger partial charge in [0.1, 0.15) is 18.0 Å². The molecule has 0 aliphatic heterocycles. The Labute approximate surface area is 179 Å². The van der Waals surface area contributed by atoms with Crippen LogP contribution >= 0.6 is 15.9 Å². The maximum Gasteiger partial charge on any atom is 0.301 e. The molecule has 0 heterocycles. The Kier molecular flexibility index (Phi) is 6.71. The van der Waals surface area contributed by atoms with Crippen LogP contribution in [0.3, 0.4) is 0 Å². The van der Waals surface area contributed by atoms with Crippen molar-refractivity contribution in [3.8, 4) is 5.75 Å². The summed E-state index contributed by atoms with van der Waals surface area (Å²) in [5, 5.41) is 26.0. The number of nitro groups is 2. The lowest BCUT2D eigenvalue weighted by Crippen LogP contribution is -2.00. The molecule has 3 aromatic carbocycles. The van der Waals surface area contributed by atoms with Gasteiger partial charge in [-0.3, -0.25) is 25.7 Å². The minimum absolute atomic E-state index is 0.0371. The van der Waals surface area contributed by atoms with Gasteiger partial charge >= 0.3 is 5.69 Å². The van der Waals surface area contributed by atoms with Crippen molar-refractivity contribution in [1.29, 1.82) is 0 Å². The molecule has 10 heteroatoms. The molecule has 30 heavy (non-hydrogen) atoms. The van der Waals surface area contributed by atoms with E-state index in [1.165, 1.54) is 18.3 Å². The lowest BCUT2D eigenvalue weighted by molar-refractivity contribution is -0.393. The maximum atomic E-state index is 11.2. The van der Waals surface area contributed by atoms with E-state index >= 15 is 0 Å². The molecule has 0 saturated carbocycles. The number of non-ortho nitro benzene ring substituents is 1. The zero-order valence-corrected chi connectivity index (χ0v) is 17.0. The first kappa shape index (κ1) is 20.9. The summed E-state index contributed by atoms with van der Waals surface area (Å²) in [4.78, 5) is 20.6. The van der Waals surface area contributed by atoms with Crippen LogP contribution in [0.1, 0.15) is 11.1 Å². The number of hydrogen-bond acceptors (Lipinski definition) is 7. The summed E-state index contributed by atoms with van der Waals surface area (Å²) >= 11 is 3.39. The van der Waals surface area contributed by atoms with E-state index in [4.69, 9.17) is 4.74 Å². The SMILES string of the molecule is O=[N+]([O-])c1ccc(NN=Cc2ccccc2OCc2ccc(Br)cc2)c([N+](=O)[O-])c1. The van der Waals surface area contributed by atoms with Gasteiger partial charge in [-0.2, -0.15) is 5.10 Å². The van der Waals surface area contributed by atoms with Crippen LogP contribution < -0.4 is 10.2 Å². The second-order valence-corrected chi connectivity index (χ2v) is 6.95. The van der Waals surface area contributed by atoms with Gasteiger partial charge < -0.3 is 4.74 Å². The molecule has 0 aromatic heterocycles. The van der Waals surface area contributed by atoms with Crippen molar-refractivity contribution < 1.29 is 14.6 Å². The van der Waals surface area contributed by atoms with Crippen LogP contribution in [0.4, 0.5) is 17.1 Å². The molecule has 0 atom stereocenters. The topological polar surface area (TPSA) is 120 Å². The average Bonchev–Trinajstić information content (AvgIpc) is 2.74. The van der Waals surface area contributed by atoms with Crippen LogP contribution in [0.2, 0.25) is 0 Å². The third-order valence-corrected chi connectivity index (χ3v) is 4.53. The molecule has 3 rings (SSSR count). The Morgan fingerprint density at radius 3 is 2.43 bits per heavy atom. The van der Waals surface area contributed by atoms with Crippen molar-refractivity contribution in [3.63, 3.8) is 0 Å². The van der Waals surface area contributed by atoms with E-state index in [2.05, 4.69) is 26.5 Å². The average molecular weight is 471 g/mol. The molecule has 0 fully saturated rings. The number of nitro benzene ring substituents is 2. The smallest absolute Gasteiger partial charge is 0.301 e. The first-order valence-electron chi connectivity index (χ1n) is 8.62. The van der Waals surface area contributed by atoms with Gasteiger partial charge in [0.05, 0.1) is 22.1 Å². The molecule has 0 unspecified atom stereocenters. The van der Waals surface area contributed by atoms with Gasteiger partial charge in [0, 0.05) is 16.1 Å². The van der Waals surface area contributed by atoms with Crippen LogP contribution in [0, 0.1) is 20.2 Å². The van der Waals surface area contributed by atoms with E-state index < -0.39 is 15.5 Å². The van der Waals surface area contributed by atoms with Gasteiger partial charge in [0.2, 0.25) is 0 Å². The van der Waals surface area contributed by atoms with E-state index in [9.17, 15) is 20.2 Å². The number of nitrogens with zero attached hydrogens (tertiary/aromatic N) is 3. The molecular weight excluding hydrogens is 456 g/mol. The molecule has 0 bridgehead atoms. The molecule has 0 aliphatic carbocycles. The summed E-state index contributed by atoms with van der Waals surface area (Å²) in [6.45, 7) is 0.361. The third kappa shape index (κ3) is 5.39. The number of hydrogen-bond donors (Lipinski definition) is 1. The summed E-state index contributed by atoms with van der Waals surface area (Å²) in [5.41, 5.74) is 3.43. The highest BCUT2D eigenvalue weighted by molar-refractivity contribution is 9.10. The summed E-state index contributed by atoms with van der Waals surface area (Å²) < 4.78 is 6.83. The second-order valence-electron chi connectivity index (χ2n) is 6.04. The van der Waals surface area contributed by atoms with E-state index in [1.54, 1.807) is 12.1 Å². The lowest BCUT2D eigenvalue weighted by atomic mass is 10.2. The number of rotatable bonds is 8. The fraction of sp³-hybridized carbons (Fsp3) is 0.0500. The number of hydrazone groups is 1. The number of ether oxygens (including phenoxy) is 1. The number of benzene rings is 3. The van der Waals surface area contributed by atoms with Gasteiger partial charge in [-0.15, -0.1) is 0 Å². The highest BCUT2D eigenvalue weighted by Crippen LogP contribution is 2.29.